The highest BCUT2D eigenvalue weighted by Crippen LogP contribution is 2.37. The summed E-state index contributed by atoms with van der Waals surface area (Å²) >= 11 is 6.19. The standard InChI is InChI=1S/C22H20ClN5O2/c23-22-25-18-13-29-12-16(18)21(26-22)27-6-5-17-14(11-27)9-15(10-24-17)28-7-8-30-20-4-2-1-3-19(20)28/h1-4,9-10H,5-8,11-13H2. The second-order valence-corrected chi connectivity index (χ2v) is 8.01. The summed E-state index contributed by atoms with van der Waals surface area (Å²) in [7, 11) is 0. The molecule has 0 aliphatic carbocycles. The summed E-state index contributed by atoms with van der Waals surface area (Å²) in [6.07, 6.45) is 2.84. The Kier molecular flexibility index (Phi) is 4.24. The molecule has 0 unspecified atom stereocenters. The first-order valence-corrected chi connectivity index (χ1v) is 10.5. The zero-order valence-electron chi connectivity index (χ0n) is 16.3. The van der Waals surface area contributed by atoms with Gasteiger partial charge in [-0.15, -0.1) is 0 Å². The highest BCUT2D eigenvalue weighted by Gasteiger charge is 2.27. The molecule has 30 heavy (non-hydrogen) atoms. The number of para-hydroxylation sites is 2. The molecule has 8 heteroatoms. The molecule has 0 spiro atoms. The van der Waals surface area contributed by atoms with Crippen LogP contribution in [0, 0.1) is 0 Å². The van der Waals surface area contributed by atoms with Gasteiger partial charge < -0.3 is 19.3 Å². The lowest BCUT2D eigenvalue weighted by atomic mass is 10.0. The summed E-state index contributed by atoms with van der Waals surface area (Å²) in [6, 6.07) is 10.4. The van der Waals surface area contributed by atoms with Gasteiger partial charge in [0.25, 0.3) is 0 Å². The third-order valence-electron chi connectivity index (χ3n) is 5.89. The van der Waals surface area contributed by atoms with E-state index in [4.69, 9.17) is 26.1 Å². The molecule has 152 valence electrons. The monoisotopic (exact) mass is 421 g/mol. The number of anilines is 3. The number of hydrogen-bond acceptors (Lipinski definition) is 7. The van der Waals surface area contributed by atoms with Crippen LogP contribution in [0.1, 0.15) is 22.5 Å². The molecule has 0 bridgehead atoms. The predicted molar refractivity (Wildman–Crippen MR) is 113 cm³/mol. The number of ether oxygens (including phenoxy) is 2. The zero-order valence-corrected chi connectivity index (χ0v) is 17.1. The fourth-order valence-corrected chi connectivity index (χ4v) is 4.63. The van der Waals surface area contributed by atoms with E-state index in [0.29, 0.717) is 19.8 Å². The Labute approximate surface area is 179 Å². The molecule has 0 radical (unpaired) electrons. The van der Waals surface area contributed by atoms with Crippen LogP contribution in [0.4, 0.5) is 17.2 Å². The molecule has 7 nitrogen and oxygen atoms in total. The molecule has 0 saturated carbocycles. The molecule has 0 saturated heterocycles. The predicted octanol–water partition coefficient (Wildman–Crippen LogP) is 3.65. The lowest BCUT2D eigenvalue weighted by Crippen LogP contribution is -2.33. The molecule has 0 atom stereocenters. The number of rotatable bonds is 2. The largest absolute Gasteiger partial charge is 0.490 e. The molecule has 3 aliphatic heterocycles. The molecule has 3 aliphatic rings. The molecule has 6 rings (SSSR count). The maximum Gasteiger partial charge on any atom is 0.224 e. The van der Waals surface area contributed by atoms with E-state index in [2.05, 4.69) is 31.9 Å². The molecule has 0 amide bonds. The van der Waals surface area contributed by atoms with Gasteiger partial charge in [0.1, 0.15) is 18.2 Å². The van der Waals surface area contributed by atoms with E-state index in [0.717, 1.165) is 65.9 Å². The van der Waals surface area contributed by atoms with Crippen LogP contribution in [-0.2, 0) is 30.9 Å². The minimum absolute atomic E-state index is 0.275. The van der Waals surface area contributed by atoms with E-state index < -0.39 is 0 Å². The van der Waals surface area contributed by atoms with Crippen LogP contribution >= 0.6 is 11.6 Å². The minimum Gasteiger partial charge on any atom is -0.490 e. The summed E-state index contributed by atoms with van der Waals surface area (Å²) in [6.45, 7) is 4.08. The topological polar surface area (TPSA) is 63.6 Å². The minimum atomic E-state index is 0.275. The maximum atomic E-state index is 6.19. The number of hydrogen-bond donors (Lipinski definition) is 0. The van der Waals surface area contributed by atoms with E-state index >= 15 is 0 Å². The Morgan fingerprint density at radius 3 is 2.93 bits per heavy atom. The van der Waals surface area contributed by atoms with Gasteiger partial charge in [0, 0.05) is 30.8 Å². The van der Waals surface area contributed by atoms with E-state index in [1.54, 1.807) is 0 Å². The first-order valence-electron chi connectivity index (χ1n) is 10.1. The third-order valence-corrected chi connectivity index (χ3v) is 6.06. The van der Waals surface area contributed by atoms with Gasteiger partial charge in [-0.3, -0.25) is 4.98 Å². The molecule has 1 aromatic carbocycles. The van der Waals surface area contributed by atoms with E-state index in [9.17, 15) is 0 Å². The number of aromatic nitrogens is 3. The lowest BCUT2D eigenvalue weighted by molar-refractivity contribution is 0.133. The van der Waals surface area contributed by atoms with Crippen molar-refractivity contribution in [3.05, 3.63) is 64.3 Å². The van der Waals surface area contributed by atoms with Crippen LogP contribution in [-0.4, -0.2) is 34.6 Å². The molecule has 3 aromatic rings. The van der Waals surface area contributed by atoms with Crippen molar-refractivity contribution in [2.24, 2.45) is 0 Å². The second kappa shape index (κ2) is 7.11. The van der Waals surface area contributed by atoms with Crippen molar-refractivity contribution in [3.63, 3.8) is 0 Å². The third kappa shape index (κ3) is 2.97. The van der Waals surface area contributed by atoms with Crippen molar-refractivity contribution < 1.29 is 9.47 Å². The maximum absolute atomic E-state index is 6.19. The van der Waals surface area contributed by atoms with Crippen molar-refractivity contribution in [2.75, 3.05) is 29.5 Å². The van der Waals surface area contributed by atoms with Gasteiger partial charge in [-0.05, 0) is 35.4 Å². The van der Waals surface area contributed by atoms with Crippen LogP contribution in [0.3, 0.4) is 0 Å². The average molecular weight is 422 g/mol. The Hall–Kier alpha value is -2.90. The van der Waals surface area contributed by atoms with Crippen LogP contribution < -0.4 is 14.5 Å². The summed E-state index contributed by atoms with van der Waals surface area (Å²) in [5.74, 6) is 1.80. The fraction of sp³-hybridized carbons (Fsp3) is 0.318. The van der Waals surface area contributed by atoms with Crippen molar-refractivity contribution in [3.8, 4) is 5.75 Å². The van der Waals surface area contributed by atoms with E-state index in [-0.39, 0.29) is 5.28 Å². The fourth-order valence-electron chi connectivity index (χ4n) is 4.45. The quantitative estimate of drug-likeness (QED) is 0.585. The number of pyridine rings is 1. The van der Waals surface area contributed by atoms with Crippen LogP contribution in [0.5, 0.6) is 5.75 Å². The van der Waals surface area contributed by atoms with Gasteiger partial charge in [0.05, 0.1) is 43.0 Å². The van der Waals surface area contributed by atoms with Gasteiger partial charge in [-0.2, -0.15) is 0 Å². The Morgan fingerprint density at radius 2 is 1.97 bits per heavy atom. The molecule has 0 N–H and O–H groups in total. The number of halogens is 1. The number of nitrogens with zero attached hydrogens (tertiary/aromatic N) is 5. The van der Waals surface area contributed by atoms with Crippen molar-refractivity contribution in [2.45, 2.75) is 26.2 Å². The zero-order chi connectivity index (χ0) is 20.1. The van der Waals surface area contributed by atoms with Crippen molar-refractivity contribution in [1.29, 1.82) is 0 Å². The summed E-state index contributed by atoms with van der Waals surface area (Å²) in [5, 5.41) is 0.275. The average Bonchev–Trinajstić information content (AvgIpc) is 3.26. The first-order chi connectivity index (χ1) is 14.8. The summed E-state index contributed by atoms with van der Waals surface area (Å²) in [4.78, 5) is 18.2. The Morgan fingerprint density at radius 1 is 1.03 bits per heavy atom. The molecule has 5 heterocycles. The SMILES string of the molecule is Clc1nc2c(c(N3CCc4ncc(N5CCOc6ccccc65)cc4C3)n1)COC2. The molecular formula is C22H20ClN5O2. The van der Waals surface area contributed by atoms with Gasteiger partial charge >= 0.3 is 0 Å². The summed E-state index contributed by atoms with van der Waals surface area (Å²) < 4.78 is 11.4. The number of fused-ring (bicyclic) bond motifs is 3. The van der Waals surface area contributed by atoms with E-state index in [1.807, 2.05) is 24.4 Å². The molecule has 2 aromatic heterocycles. The molecular weight excluding hydrogens is 402 g/mol. The highest BCUT2D eigenvalue weighted by atomic mass is 35.5. The highest BCUT2D eigenvalue weighted by molar-refractivity contribution is 6.28. The first kappa shape index (κ1) is 17.9. The van der Waals surface area contributed by atoms with Crippen LogP contribution in [0.25, 0.3) is 0 Å². The van der Waals surface area contributed by atoms with Crippen LogP contribution in [0.2, 0.25) is 5.28 Å². The van der Waals surface area contributed by atoms with Crippen LogP contribution in [0.15, 0.2) is 36.5 Å². The van der Waals surface area contributed by atoms with Crippen molar-refractivity contribution in [1.82, 2.24) is 15.0 Å². The van der Waals surface area contributed by atoms with Gasteiger partial charge in [0.2, 0.25) is 5.28 Å². The van der Waals surface area contributed by atoms with Gasteiger partial charge in [-0.1, -0.05) is 12.1 Å². The lowest BCUT2D eigenvalue weighted by Gasteiger charge is -2.33. The second-order valence-electron chi connectivity index (χ2n) is 7.67. The van der Waals surface area contributed by atoms with Gasteiger partial charge in [0.15, 0.2) is 0 Å². The smallest absolute Gasteiger partial charge is 0.224 e. The number of benzene rings is 1. The Bertz CT molecular complexity index is 1140. The van der Waals surface area contributed by atoms with Gasteiger partial charge in [-0.25, -0.2) is 9.97 Å². The Balaban J connectivity index is 1.34. The van der Waals surface area contributed by atoms with E-state index in [1.165, 1.54) is 5.56 Å². The normalized spacial score (nSPS) is 17.2. The summed E-state index contributed by atoms with van der Waals surface area (Å²) in [5.41, 5.74) is 6.47. The van der Waals surface area contributed by atoms with Crippen molar-refractivity contribution >= 4 is 28.8 Å². The molecule has 0 fully saturated rings.